The van der Waals surface area contributed by atoms with E-state index in [1.807, 2.05) is 6.07 Å². The number of nitrogens with one attached hydrogen (secondary N) is 1. The number of carbonyl (C=O) groups is 1. The molecule has 2 rings (SSSR count). The standard InChI is InChI=1S/C13H15N3O3/c1-19-7-6-14-13(18)9-16-11-5-3-2-4-10(11)12(17)8-15-16/h2-5,8H,6-7,9H2,1H3,(H,14,18). The van der Waals surface area contributed by atoms with Crippen molar-refractivity contribution in [1.82, 2.24) is 15.1 Å². The monoisotopic (exact) mass is 261 g/mol. The molecule has 0 radical (unpaired) electrons. The summed E-state index contributed by atoms with van der Waals surface area (Å²) in [6, 6.07) is 7.08. The second-order valence-electron chi connectivity index (χ2n) is 4.03. The zero-order chi connectivity index (χ0) is 13.7. The highest BCUT2D eigenvalue weighted by atomic mass is 16.5. The molecule has 0 atom stereocenters. The van der Waals surface area contributed by atoms with Gasteiger partial charge >= 0.3 is 0 Å². The van der Waals surface area contributed by atoms with Crippen LogP contribution in [-0.4, -0.2) is 35.9 Å². The summed E-state index contributed by atoms with van der Waals surface area (Å²) < 4.78 is 6.36. The Bertz CT molecular complexity index is 636. The Morgan fingerprint density at radius 1 is 1.42 bits per heavy atom. The molecule has 0 saturated heterocycles. The predicted octanol–water partition coefficient (Wildman–Crippen LogP) is 0.159. The van der Waals surface area contributed by atoms with E-state index in [4.69, 9.17) is 4.74 Å². The average molecular weight is 261 g/mol. The van der Waals surface area contributed by atoms with Crippen molar-refractivity contribution in [3.8, 4) is 0 Å². The topological polar surface area (TPSA) is 73.2 Å². The van der Waals surface area contributed by atoms with Gasteiger partial charge in [-0.3, -0.25) is 14.3 Å². The van der Waals surface area contributed by atoms with Crippen molar-refractivity contribution < 1.29 is 9.53 Å². The lowest BCUT2D eigenvalue weighted by atomic mass is 10.2. The van der Waals surface area contributed by atoms with Crippen LogP contribution >= 0.6 is 0 Å². The third-order valence-electron chi connectivity index (χ3n) is 2.68. The van der Waals surface area contributed by atoms with E-state index >= 15 is 0 Å². The van der Waals surface area contributed by atoms with Crippen LogP contribution in [-0.2, 0) is 16.1 Å². The summed E-state index contributed by atoms with van der Waals surface area (Å²) in [6.07, 6.45) is 1.23. The minimum Gasteiger partial charge on any atom is -0.383 e. The van der Waals surface area contributed by atoms with Crippen LogP contribution in [0.2, 0.25) is 0 Å². The molecule has 0 aliphatic heterocycles. The normalized spacial score (nSPS) is 10.6. The first-order valence-electron chi connectivity index (χ1n) is 5.93. The van der Waals surface area contributed by atoms with Crippen molar-refractivity contribution in [1.29, 1.82) is 0 Å². The largest absolute Gasteiger partial charge is 0.383 e. The number of nitrogens with zero attached hydrogens (tertiary/aromatic N) is 2. The van der Waals surface area contributed by atoms with Gasteiger partial charge in [0.1, 0.15) is 6.54 Å². The highest BCUT2D eigenvalue weighted by Crippen LogP contribution is 2.07. The summed E-state index contributed by atoms with van der Waals surface area (Å²) >= 11 is 0. The second-order valence-corrected chi connectivity index (χ2v) is 4.03. The Balaban J connectivity index is 2.19. The minimum absolute atomic E-state index is 0.0739. The molecule has 0 saturated carbocycles. The highest BCUT2D eigenvalue weighted by Gasteiger charge is 2.07. The Kier molecular flexibility index (Phi) is 4.25. The van der Waals surface area contributed by atoms with Crippen molar-refractivity contribution in [3.63, 3.8) is 0 Å². The fraction of sp³-hybridized carbons (Fsp3) is 0.308. The van der Waals surface area contributed by atoms with E-state index in [9.17, 15) is 9.59 Å². The van der Waals surface area contributed by atoms with Crippen LogP contribution in [0.5, 0.6) is 0 Å². The Morgan fingerprint density at radius 2 is 2.21 bits per heavy atom. The van der Waals surface area contributed by atoms with Crippen LogP contribution in [0.15, 0.2) is 35.3 Å². The molecule has 1 amide bonds. The number of para-hydroxylation sites is 1. The number of hydrogen-bond acceptors (Lipinski definition) is 4. The molecule has 1 heterocycles. The van der Waals surface area contributed by atoms with E-state index < -0.39 is 0 Å². The second kappa shape index (κ2) is 6.10. The van der Waals surface area contributed by atoms with Crippen LogP contribution in [0.25, 0.3) is 10.9 Å². The lowest BCUT2D eigenvalue weighted by Crippen LogP contribution is -2.31. The molecule has 19 heavy (non-hydrogen) atoms. The molecule has 0 fully saturated rings. The summed E-state index contributed by atoms with van der Waals surface area (Å²) in [5.74, 6) is -0.168. The molecule has 0 spiro atoms. The first-order chi connectivity index (χ1) is 9.22. The zero-order valence-electron chi connectivity index (χ0n) is 10.6. The van der Waals surface area contributed by atoms with E-state index in [-0.39, 0.29) is 17.9 Å². The van der Waals surface area contributed by atoms with Gasteiger partial charge < -0.3 is 10.1 Å². The maximum Gasteiger partial charge on any atom is 0.241 e. The number of rotatable bonds is 5. The van der Waals surface area contributed by atoms with Gasteiger partial charge in [0.2, 0.25) is 11.3 Å². The molecule has 0 aliphatic rings. The number of benzene rings is 1. The maximum absolute atomic E-state index is 11.7. The molecular weight excluding hydrogens is 246 g/mol. The lowest BCUT2D eigenvalue weighted by molar-refractivity contribution is -0.121. The van der Waals surface area contributed by atoms with Gasteiger partial charge in [-0.25, -0.2) is 0 Å². The van der Waals surface area contributed by atoms with Gasteiger partial charge in [-0.15, -0.1) is 0 Å². The number of ether oxygens (including phenoxy) is 1. The van der Waals surface area contributed by atoms with Gasteiger partial charge in [-0.05, 0) is 12.1 Å². The van der Waals surface area contributed by atoms with Crippen LogP contribution in [0, 0.1) is 0 Å². The van der Waals surface area contributed by atoms with E-state index in [0.29, 0.717) is 24.1 Å². The van der Waals surface area contributed by atoms with Gasteiger partial charge in [-0.1, -0.05) is 12.1 Å². The first-order valence-corrected chi connectivity index (χ1v) is 5.93. The molecule has 0 bridgehead atoms. The van der Waals surface area contributed by atoms with Crippen molar-refractivity contribution in [3.05, 3.63) is 40.7 Å². The SMILES string of the molecule is COCCNC(=O)Cn1ncc(=O)c2ccccc21. The molecule has 6 heteroatoms. The average Bonchev–Trinajstić information content (AvgIpc) is 2.43. The molecular formula is C13H15N3O3. The summed E-state index contributed by atoms with van der Waals surface area (Å²) in [7, 11) is 1.57. The van der Waals surface area contributed by atoms with Gasteiger partial charge in [0, 0.05) is 19.0 Å². The van der Waals surface area contributed by atoms with Gasteiger partial charge in [0.05, 0.1) is 18.3 Å². The van der Waals surface area contributed by atoms with Crippen LogP contribution < -0.4 is 10.7 Å². The fourth-order valence-electron chi connectivity index (χ4n) is 1.77. The zero-order valence-corrected chi connectivity index (χ0v) is 10.6. The first kappa shape index (κ1) is 13.2. The quantitative estimate of drug-likeness (QED) is 0.778. The number of carbonyl (C=O) groups excluding carboxylic acids is 1. The van der Waals surface area contributed by atoms with Gasteiger partial charge in [0.25, 0.3) is 0 Å². The molecule has 1 N–H and O–H groups in total. The third kappa shape index (κ3) is 3.17. The Hall–Kier alpha value is -2.21. The fourth-order valence-corrected chi connectivity index (χ4v) is 1.77. The Morgan fingerprint density at radius 3 is 3.00 bits per heavy atom. The van der Waals surface area contributed by atoms with Gasteiger partial charge in [0.15, 0.2) is 0 Å². The smallest absolute Gasteiger partial charge is 0.241 e. The Labute approximate surface area is 110 Å². The maximum atomic E-state index is 11.7. The minimum atomic E-state index is -0.168. The summed E-state index contributed by atoms with van der Waals surface area (Å²) in [5, 5.41) is 7.25. The van der Waals surface area contributed by atoms with Crippen molar-refractivity contribution >= 4 is 16.8 Å². The van der Waals surface area contributed by atoms with Crippen molar-refractivity contribution in [2.45, 2.75) is 6.54 Å². The van der Waals surface area contributed by atoms with Crippen molar-refractivity contribution in [2.75, 3.05) is 20.3 Å². The molecule has 1 aromatic heterocycles. The van der Waals surface area contributed by atoms with E-state index in [1.165, 1.54) is 10.9 Å². The molecule has 2 aromatic rings. The molecule has 6 nitrogen and oxygen atoms in total. The van der Waals surface area contributed by atoms with Crippen LogP contribution in [0.3, 0.4) is 0 Å². The third-order valence-corrected chi connectivity index (χ3v) is 2.68. The lowest BCUT2D eigenvalue weighted by Gasteiger charge is -2.09. The van der Waals surface area contributed by atoms with E-state index in [1.54, 1.807) is 25.3 Å². The number of amides is 1. The molecule has 0 aliphatic carbocycles. The van der Waals surface area contributed by atoms with Crippen LogP contribution in [0.4, 0.5) is 0 Å². The molecule has 1 aromatic carbocycles. The summed E-state index contributed by atoms with van der Waals surface area (Å²) in [5.41, 5.74) is 0.503. The number of methoxy groups -OCH3 is 1. The van der Waals surface area contributed by atoms with E-state index in [2.05, 4.69) is 10.4 Å². The summed E-state index contributed by atoms with van der Waals surface area (Å²) in [6.45, 7) is 0.988. The van der Waals surface area contributed by atoms with Crippen LogP contribution in [0.1, 0.15) is 0 Å². The highest BCUT2D eigenvalue weighted by molar-refractivity contribution is 5.81. The van der Waals surface area contributed by atoms with Gasteiger partial charge in [-0.2, -0.15) is 5.10 Å². The van der Waals surface area contributed by atoms with E-state index in [0.717, 1.165) is 0 Å². The predicted molar refractivity (Wildman–Crippen MR) is 70.9 cm³/mol. The molecule has 100 valence electrons. The number of fused-ring (bicyclic) bond motifs is 1. The van der Waals surface area contributed by atoms with Crippen molar-refractivity contribution in [2.24, 2.45) is 0 Å². The molecule has 0 unspecified atom stereocenters. The number of hydrogen-bond donors (Lipinski definition) is 1. The number of aromatic nitrogens is 2. The summed E-state index contributed by atoms with van der Waals surface area (Å²) in [4.78, 5) is 23.3.